The van der Waals surface area contributed by atoms with E-state index in [4.69, 9.17) is 35.0 Å². The second-order valence-electron chi connectivity index (χ2n) is 30.3. The van der Waals surface area contributed by atoms with Crippen LogP contribution in [0.25, 0.3) is 0 Å². The maximum absolute atomic E-state index is 13.8. The van der Waals surface area contributed by atoms with E-state index in [-0.39, 0.29) is 128 Å². The summed E-state index contributed by atoms with van der Waals surface area (Å²) in [4.78, 5) is -0.262. The van der Waals surface area contributed by atoms with Gasteiger partial charge in [-0.2, -0.15) is 9.15 Å². The largest absolute Gasteiger partial charge is 2.00 e. The molecule has 5 aromatic rings. The molecule has 6 aliphatic carbocycles. The van der Waals surface area contributed by atoms with E-state index in [2.05, 4.69) is 251 Å². The van der Waals surface area contributed by atoms with Crippen LogP contribution in [0.3, 0.4) is 0 Å². The molecule has 0 spiro atoms. The average Bonchev–Trinajstić information content (AvgIpc) is 1.61. The molecule has 0 saturated heterocycles. The van der Waals surface area contributed by atoms with Crippen LogP contribution in [0.2, 0.25) is 5.02 Å². The molecule has 0 fully saturated rings. The molecule has 0 radical (unpaired) electrons. The van der Waals surface area contributed by atoms with Crippen LogP contribution in [-0.2, 0) is 77.6 Å². The molecule has 3 atom stereocenters. The third-order valence-electron chi connectivity index (χ3n) is 21.5. The first-order valence-corrected chi connectivity index (χ1v) is 44.5. The monoisotopic (exact) mass is 1980 g/mol. The Morgan fingerprint density at radius 2 is 0.906 bits per heavy atom. The van der Waals surface area contributed by atoms with Crippen molar-refractivity contribution in [3.05, 3.63) is 333 Å². The zero-order valence-electron chi connectivity index (χ0n) is 75.3. The number of ether oxygens (including phenoxy) is 2. The molecule has 3 aliphatic heterocycles. The van der Waals surface area contributed by atoms with Crippen LogP contribution < -0.4 is 28.1 Å². The van der Waals surface area contributed by atoms with E-state index in [0.717, 1.165) is 94.3 Å². The summed E-state index contributed by atoms with van der Waals surface area (Å²) in [6, 6.07) is 34.1. The summed E-state index contributed by atoms with van der Waals surface area (Å²) in [7, 11) is -17.8. The summed E-state index contributed by atoms with van der Waals surface area (Å²) in [5, 5.41) is 0.400. The molecule has 0 N–H and O–H groups in total. The summed E-state index contributed by atoms with van der Waals surface area (Å²) in [5.74, 6) is 2.94. The van der Waals surface area contributed by atoms with Gasteiger partial charge >= 0.3 is 90.6 Å². The van der Waals surface area contributed by atoms with E-state index in [1.807, 2.05) is 36.4 Å². The second kappa shape index (κ2) is 57.5. The number of nitrogens with zero attached hydrogens (tertiary/aromatic N) is 3. The van der Waals surface area contributed by atoms with E-state index >= 15 is 0 Å². The van der Waals surface area contributed by atoms with Gasteiger partial charge in [-0.25, -0.2) is 36.0 Å². The molecule has 3 heterocycles. The predicted octanol–water partition coefficient (Wildman–Crippen LogP) is 25.6. The number of unbranched alkanes of at least 4 members (excludes halogenated alkanes) is 1. The van der Waals surface area contributed by atoms with Gasteiger partial charge in [0.2, 0.25) is 17.1 Å². The fourth-order valence-corrected chi connectivity index (χ4v) is 15.7. The van der Waals surface area contributed by atoms with Gasteiger partial charge in [0.1, 0.15) is 47.6 Å². The first-order valence-electron chi connectivity index (χ1n) is 39.5. The Balaban J connectivity index is -0.000000721. The van der Waals surface area contributed by atoms with Crippen LogP contribution in [-0.4, -0.2) is 76.9 Å². The second-order valence-corrected chi connectivity index (χ2v) is 34.8. The van der Waals surface area contributed by atoms with E-state index in [1.165, 1.54) is 102 Å². The number of alkyl halides is 3. The van der Waals surface area contributed by atoms with E-state index < -0.39 is 34.5 Å². The first-order chi connectivity index (χ1) is 55.3. The Kier molecular flexibility index (Phi) is 57.3. The van der Waals surface area contributed by atoms with Crippen molar-refractivity contribution < 1.29 is 159 Å². The Hall–Kier alpha value is -6.79. The molecule has 5 aromatic carbocycles. The number of hydrogen-bond donors (Lipinski definition) is 0. The van der Waals surface area contributed by atoms with Crippen molar-refractivity contribution in [2.24, 2.45) is 23.7 Å². The summed E-state index contributed by atoms with van der Waals surface area (Å²) < 4.78 is 194. The summed E-state index contributed by atoms with van der Waals surface area (Å²) in [5.41, 5.74) is 11.0. The van der Waals surface area contributed by atoms with Gasteiger partial charge in [0.25, 0.3) is 0 Å². The van der Waals surface area contributed by atoms with Crippen LogP contribution in [0, 0.1) is 84.3 Å². The summed E-state index contributed by atoms with van der Waals surface area (Å²) >= 11 is 5.46. The topological polar surface area (TPSA) is 177 Å². The van der Waals surface area contributed by atoms with Crippen LogP contribution in [0.1, 0.15) is 168 Å². The quantitative estimate of drug-likeness (QED) is 0.0117. The first kappa shape index (κ1) is 126. The van der Waals surface area contributed by atoms with Crippen molar-refractivity contribution in [1.82, 2.24) is 0 Å². The van der Waals surface area contributed by atoms with Crippen molar-refractivity contribution in [2.75, 3.05) is 26.7 Å². The fourth-order valence-electron chi connectivity index (χ4n) is 15.1. The van der Waals surface area contributed by atoms with Crippen LogP contribution in [0.15, 0.2) is 266 Å². The number of hydrogen-bond acceptors (Lipinski definition) is 9. The average molecular weight is 1980 g/mol. The van der Waals surface area contributed by atoms with Gasteiger partial charge in [-0.3, -0.25) is 0 Å². The Morgan fingerprint density at radius 1 is 0.512 bits per heavy atom. The van der Waals surface area contributed by atoms with Gasteiger partial charge in [0.15, 0.2) is 23.7 Å². The minimum atomic E-state index is -10.7. The number of halogens is 12. The smallest absolute Gasteiger partial charge is 0.744 e. The normalized spacial score (nSPS) is 18.5. The molecule has 0 bridgehead atoms. The molecule has 9 aliphatic rings. The van der Waals surface area contributed by atoms with E-state index in [1.54, 1.807) is 24.3 Å². The molecule has 14 rings (SSSR count). The van der Waals surface area contributed by atoms with Gasteiger partial charge in [0, 0.05) is 67.1 Å². The Morgan fingerprint density at radius 3 is 1.32 bits per heavy atom. The molecule has 127 heavy (non-hydrogen) atoms. The molecular weight excluding hydrogens is 1850 g/mol. The van der Waals surface area contributed by atoms with E-state index in [0.29, 0.717) is 35.3 Å². The van der Waals surface area contributed by atoms with Gasteiger partial charge in [-0.05, 0) is 162 Å². The van der Waals surface area contributed by atoms with Crippen molar-refractivity contribution in [3.63, 3.8) is 0 Å². The number of benzene rings is 5. The van der Waals surface area contributed by atoms with Crippen molar-refractivity contribution in [1.29, 1.82) is 0 Å². The summed E-state index contributed by atoms with van der Waals surface area (Å²) in [6.45, 7) is 20.3. The predicted molar refractivity (Wildman–Crippen MR) is 483 cm³/mol. The molecule has 3 unspecified atom stereocenters. The minimum Gasteiger partial charge on any atom is -0.744 e. The minimum absolute atomic E-state index is 0. The number of fused-ring (bicyclic) bond motifs is 3. The van der Waals surface area contributed by atoms with Crippen LogP contribution >= 0.6 is 19.4 Å². The summed E-state index contributed by atoms with van der Waals surface area (Å²) in [6.07, 6.45) is 63.6. The Bertz CT molecular complexity index is 4620. The molecule has 0 aromatic heterocycles. The van der Waals surface area contributed by atoms with Gasteiger partial charge in [-0.15, -0.1) is 23.4 Å². The molecular formula is C98H128Cl2F10Fe3N3O9PS. The number of allylic oxidation sites excluding steroid dienone is 24. The number of rotatable bonds is 23. The van der Waals surface area contributed by atoms with Crippen LogP contribution in [0.4, 0.5) is 59.8 Å². The van der Waals surface area contributed by atoms with Gasteiger partial charge in [-0.1, -0.05) is 240 Å². The third kappa shape index (κ3) is 44.8. The fraction of sp³-hybridized carbons (Fsp3) is 0.357. The standard InChI is InChI=1S/C27H32NO.C24H31F3NO.C20H25FN.C6H5ClO3S.3C5H6.6CH3.ClHO4.F6P.3Fe/c1-22-27(2,19-11-10-14-23-12-6-7-13-23)25-17-8-9-18-26(25)28(22)20-21-29-24-15-4-3-5-16-24;1-17(2)13-15-28-18(3)23(4,14-7-10-19-8-5-6-9-19)21-16-20(11-12-22(21)28)29-24(25,26)27;1-4-20(13-7-10-16-8-5-6-9-16)15(2)22(3)19-12-11-17(21)14-18(19)20;7-5-1-3-6(4-2-5)11(8,9)10;3*1-2-4-5-3-1;;;;;;;2-1(3,4)5;1-7(2,3,4,5)6;;;/h3-9,12-13,15-18,23H,10-11,14,19-21H2,1-2H3;5-6,8-9,11-12,16-17,19H,7,10,13-15H2,1-4H3;5-6,8-9,11-12,14,16H,4,7,10,13H2,1-3H3;1-4H,(H,8,9,10);3*1-4H,5H2;6*1H3;(H,2,3,4,5);;;;/q3*+1;;;;;6*-1;;-1;3*+2/p-2. The van der Waals surface area contributed by atoms with Crippen molar-refractivity contribution >= 4 is 63.7 Å². The Labute approximate surface area is 791 Å². The molecule has 708 valence electrons. The zero-order valence-corrected chi connectivity index (χ0v) is 81.9. The zero-order chi connectivity index (χ0) is 87.1. The maximum Gasteiger partial charge on any atom is 2.00 e. The molecule has 0 saturated carbocycles. The van der Waals surface area contributed by atoms with Gasteiger partial charge in [0.05, 0.1) is 21.1 Å². The molecule has 0 amide bonds. The van der Waals surface area contributed by atoms with E-state index in [9.17, 15) is 55.7 Å². The van der Waals surface area contributed by atoms with Gasteiger partial charge < -0.3 is 58.6 Å². The molecule has 29 heteroatoms. The van der Waals surface area contributed by atoms with Crippen LogP contribution in [0.5, 0.6) is 11.5 Å². The maximum atomic E-state index is 13.8. The third-order valence-corrected chi connectivity index (χ3v) is 22.6. The van der Waals surface area contributed by atoms with Crippen molar-refractivity contribution in [3.8, 4) is 11.5 Å². The molecule has 12 nitrogen and oxygen atoms in total. The SMILES string of the molecule is C1=CCC=C1.C1=CCC=C1.C1=CCC=C1.CC1=[N+](CCC(C)C)c2ccc(OC(F)(F)F)cc2C1(C)CCCC1C=CC=C1.CC1=[N+](CCOc2ccccc2)c2ccccc2C1(C)CCCCC1C=CC=C1.CCC1(CCCC2C=CC=C2)C(C)=[N+](C)c2ccc(F)cc21.F[P-](F)(F)(F)(F)F.O=S(=O)([O-])c1ccc(Cl)cc1.[CH3-].[CH3-].[CH3-].[CH3-].[CH3-].[CH3-].[Fe+2].[Fe+2].[Fe+2].[O-][Cl+3]([O-])([O-])[O-]. The number of para-hydroxylation sites is 2. The van der Waals surface area contributed by atoms with Crippen molar-refractivity contribution in [2.45, 2.75) is 179 Å².